The molecule has 1 amide bonds. The lowest BCUT2D eigenvalue weighted by atomic mass is 10.0. The van der Waals surface area contributed by atoms with Crippen molar-refractivity contribution in [3.63, 3.8) is 0 Å². The third-order valence-electron chi connectivity index (χ3n) is 9.43. The van der Waals surface area contributed by atoms with Crippen molar-refractivity contribution in [2.24, 2.45) is 0 Å². The van der Waals surface area contributed by atoms with E-state index in [0.29, 0.717) is 12.8 Å². The first kappa shape index (κ1) is 50.8. The summed E-state index contributed by atoms with van der Waals surface area (Å²) in [4.78, 5) is 12.5. The van der Waals surface area contributed by atoms with Gasteiger partial charge in [-0.2, -0.15) is 8.42 Å². The molecule has 0 aliphatic heterocycles. The molecule has 3 N–H and O–H groups in total. The molecule has 2 unspecified atom stereocenters. The number of allylic oxidation sites excluding steroid dienone is 12. The van der Waals surface area contributed by atoms with Crippen LogP contribution in [0.25, 0.3) is 0 Å². The number of hydrogen-bond donors (Lipinski definition) is 3. The molecule has 0 aliphatic carbocycles. The van der Waals surface area contributed by atoms with E-state index in [0.717, 1.165) is 83.5 Å². The first-order valence-electron chi connectivity index (χ1n) is 21.6. The van der Waals surface area contributed by atoms with Crippen molar-refractivity contribution in [3.8, 4) is 0 Å². The molecule has 6 nitrogen and oxygen atoms in total. The lowest BCUT2D eigenvalue weighted by Crippen LogP contribution is -2.47. The molecule has 0 heterocycles. The second-order valence-corrected chi connectivity index (χ2v) is 16.1. The van der Waals surface area contributed by atoms with Crippen molar-refractivity contribution < 1.29 is 22.9 Å². The summed E-state index contributed by atoms with van der Waals surface area (Å²) in [6, 6.07) is -0.989. The summed E-state index contributed by atoms with van der Waals surface area (Å²) < 4.78 is 32.6. The molecule has 0 aromatic rings. The van der Waals surface area contributed by atoms with Gasteiger partial charge in [0.2, 0.25) is 5.91 Å². The van der Waals surface area contributed by atoms with E-state index in [-0.39, 0.29) is 12.3 Å². The molecule has 306 valence electrons. The minimum absolute atomic E-state index is 0.272. The van der Waals surface area contributed by atoms with E-state index >= 15 is 0 Å². The predicted octanol–water partition coefficient (Wildman–Crippen LogP) is 13.0. The van der Waals surface area contributed by atoms with Gasteiger partial charge >= 0.3 is 0 Å². The van der Waals surface area contributed by atoms with Gasteiger partial charge in [0.15, 0.2) is 0 Å². The smallest absolute Gasteiger partial charge is 0.266 e. The van der Waals surface area contributed by atoms with Crippen LogP contribution in [0.1, 0.15) is 194 Å². The Kier molecular flexibility index (Phi) is 37.8. The van der Waals surface area contributed by atoms with Crippen molar-refractivity contribution in [3.05, 3.63) is 72.9 Å². The van der Waals surface area contributed by atoms with Gasteiger partial charge in [0.05, 0.1) is 17.9 Å². The fraction of sp³-hybridized carbons (Fsp3) is 0.717. The molecule has 0 fully saturated rings. The number of carbonyl (C=O) groups is 1. The van der Waals surface area contributed by atoms with Gasteiger partial charge in [-0.05, 0) is 64.2 Å². The summed E-state index contributed by atoms with van der Waals surface area (Å²) in [5.41, 5.74) is 0. The lowest BCUT2D eigenvalue weighted by Gasteiger charge is -2.23. The molecule has 0 radical (unpaired) electrons. The first-order valence-corrected chi connectivity index (χ1v) is 23.2. The summed E-state index contributed by atoms with van der Waals surface area (Å²) >= 11 is 0. The summed E-state index contributed by atoms with van der Waals surface area (Å²) in [6.07, 6.45) is 55.6. The highest BCUT2D eigenvalue weighted by Crippen LogP contribution is 2.15. The van der Waals surface area contributed by atoms with E-state index in [9.17, 15) is 22.9 Å². The number of nitrogens with one attached hydrogen (secondary N) is 1. The van der Waals surface area contributed by atoms with Crippen LogP contribution in [0.5, 0.6) is 0 Å². The largest absolute Gasteiger partial charge is 0.391 e. The minimum Gasteiger partial charge on any atom is -0.391 e. The highest BCUT2D eigenvalue weighted by Gasteiger charge is 2.26. The van der Waals surface area contributed by atoms with Crippen molar-refractivity contribution in [2.45, 2.75) is 206 Å². The SMILES string of the molecule is CC/C=C\C/C=C\C/C=C\C/C=C\C/C=C\C/C=C\CCCCCCC(=O)NC(CS(=O)(=O)O)C(O)CCCCCCCCCCCCCCCCC. The molecule has 0 rings (SSSR count). The van der Waals surface area contributed by atoms with Gasteiger partial charge in [-0.15, -0.1) is 0 Å². The summed E-state index contributed by atoms with van der Waals surface area (Å²) in [7, 11) is -4.32. The summed E-state index contributed by atoms with van der Waals surface area (Å²) in [5.74, 6) is -0.934. The molecular weight excluding hydrogens is 679 g/mol. The Morgan fingerprint density at radius 3 is 1.34 bits per heavy atom. The van der Waals surface area contributed by atoms with Crippen LogP contribution in [0.4, 0.5) is 0 Å². The molecule has 7 heteroatoms. The normalized spacial score (nSPS) is 14.0. The van der Waals surface area contributed by atoms with Gasteiger partial charge in [0.25, 0.3) is 10.1 Å². The number of rotatable bonds is 38. The zero-order valence-electron chi connectivity index (χ0n) is 34.1. The maximum absolute atomic E-state index is 12.5. The summed E-state index contributed by atoms with van der Waals surface area (Å²) in [6.45, 7) is 4.41. The highest BCUT2D eigenvalue weighted by atomic mass is 32.2. The Labute approximate surface area is 327 Å². The van der Waals surface area contributed by atoms with Crippen LogP contribution >= 0.6 is 0 Å². The number of unbranched alkanes of at least 4 members (excludes halogenated alkanes) is 18. The van der Waals surface area contributed by atoms with E-state index in [1.807, 2.05) is 0 Å². The average molecular weight is 760 g/mol. The zero-order valence-corrected chi connectivity index (χ0v) is 34.9. The van der Waals surface area contributed by atoms with Crippen LogP contribution in [0.3, 0.4) is 0 Å². The maximum atomic E-state index is 12.5. The minimum atomic E-state index is -4.32. The number of aliphatic hydroxyl groups excluding tert-OH is 1. The fourth-order valence-corrected chi connectivity index (χ4v) is 6.98. The average Bonchev–Trinajstić information content (AvgIpc) is 3.12. The van der Waals surface area contributed by atoms with Gasteiger partial charge in [-0.1, -0.05) is 196 Å². The Balaban J connectivity index is 3.94. The van der Waals surface area contributed by atoms with Crippen LogP contribution in [0.15, 0.2) is 72.9 Å². The molecule has 0 spiro atoms. The topological polar surface area (TPSA) is 104 Å². The third kappa shape index (κ3) is 40.8. The second-order valence-electron chi connectivity index (χ2n) is 14.6. The number of aliphatic hydroxyl groups is 1. The van der Waals surface area contributed by atoms with Gasteiger partial charge in [-0.25, -0.2) is 0 Å². The number of hydrogen-bond acceptors (Lipinski definition) is 4. The molecule has 0 aliphatic rings. The van der Waals surface area contributed by atoms with E-state index in [1.165, 1.54) is 77.0 Å². The number of amides is 1. The summed E-state index contributed by atoms with van der Waals surface area (Å²) in [5, 5.41) is 13.4. The Morgan fingerprint density at radius 1 is 0.528 bits per heavy atom. The Morgan fingerprint density at radius 2 is 0.906 bits per heavy atom. The molecular formula is C46H81NO5S. The van der Waals surface area contributed by atoms with Crippen molar-refractivity contribution in [1.29, 1.82) is 0 Å². The zero-order chi connectivity index (χ0) is 38.9. The molecule has 0 saturated carbocycles. The quantitative estimate of drug-likeness (QED) is 0.0330. The molecule has 0 aromatic carbocycles. The number of carbonyl (C=O) groups excluding carboxylic acids is 1. The van der Waals surface area contributed by atoms with Gasteiger partial charge < -0.3 is 10.4 Å². The van der Waals surface area contributed by atoms with Crippen molar-refractivity contribution in [2.75, 3.05) is 5.75 Å². The fourth-order valence-electron chi connectivity index (χ4n) is 6.22. The van der Waals surface area contributed by atoms with Gasteiger partial charge in [0.1, 0.15) is 0 Å². The standard InChI is InChI=1S/C46H81NO5S/c1-3-5-7-9-11-13-15-17-19-20-21-22-23-24-25-26-28-30-32-34-36-38-40-42-46(49)47-44(43-53(50,51)52)45(48)41-39-37-35-33-31-29-27-18-16-14-12-10-8-6-4-2/h5,7,11,13,17,19,21-22,24-25,28,30,44-45,48H,3-4,6,8-10,12,14-16,18,20,23,26-27,29,31-43H2,1-2H3,(H,47,49)(H,50,51,52)/b7-5-,13-11-,19-17-,22-21-,25-24-,30-28-. The van der Waals surface area contributed by atoms with E-state index in [2.05, 4.69) is 92.1 Å². The van der Waals surface area contributed by atoms with Gasteiger partial charge in [-0.3, -0.25) is 9.35 Å². The molecule has 53 heavy (non-hydrogen) atoms. The van der Waals surface area contributed by atoms with Crippen molar-refractivity contribution in [1.82, 2.24) is 5.32 Å². The highest BCUT2D eigenvalue weighted by molar-refractivity contribution is 7.85. The van der Waals surface area contributed by atoms with Crippen LogP contribution in [-0.2, 0) is 14.9 Å². The van der Waals surface area contributed by atoms with E-state index in [1.54, 1.807) is 0 Å². The first-order chi connectivity index (χ1) is 25.8. The van der Waals surface area contributed by atoms with E-state index < -0.39 is 28.0 Å². The lowest BCUT2D eigenvalue weighted by molar-refractivity contribution is -0.122. The molecule has 0 aromatic heterocycles. The third-order valence-corrected chi connectivity index (χ3v) is 10.2. The Bertz CT molecular complexity index is 1100. The van der Waals surface area contributed by atoms with Crippen LogP contribution < -0.4 is 5.32 Å². The van der Waals surface area contributed by atoms with Crippen LogP contribution in [0, 0.1) is 0 Å². The van der Waals surface area contributed by atoms with Crippen LogP contribution in [0.2, 0.25) is 0 Å². The maximum Gasteiger partial charge on any atom is 0.266 e. The second kappa shape index (κ2) is 39.5. The van der Waals surface area contributed by atoms with Gasteiger partial charge in [0, 0.05) is 6.42 Å². The predicted molar refractivity (Wildman–Crippen MR) is 230 cm³/mol. The van der Waals surface area contributed by atoms with E-state index in [4.69, 9.17) is 0 Å². The van der Waals surface area contributed by atoms with Crippen molar-refractivity contribution >= 4 is 16.0 Å². The molecule has 2 atom stereocenters. The molecule has 0 bridgehead atoms. The van der Waals surface area contributed by atoms with Crippen LogP contribution in [-0.4, -0.2) is 41.9 Å². The monoisotopic (exact) mass is 760 g/mol. The molecule has 0 saturated heterocycles. The Hall–Kier alpha value is -2.22.